The minimum Gasteiger partial charge on any atom is -0.381 e. The molecule has 3 nitrogen and oxygen atoms in total. The highest BCUT2D eigenvalue weighted by Gasteiger charge is 2.19. The van der Waals surface area contributed by atoms with Crippen LogP contribution >= 0.6 is 0 Å². The predicted molar refractivity (Wildman–Crippen MR) is 66.8 cm³/mol. The molecule has 1 fully saturated rings. The molecule has 3 heteroatoms. The van der Waals surface area contributed by atoms with Crippen LogP contribution in [0.3, 0.4) is 0 Å². The Morgan fingerprint density at radius 3 is 2.56 bits per heavy atom. The summed E-state index contributed by atoms with van der Waals surface area (Å²) in [6, 6.07) is 0.837. The summed E-state index contributed by atoms with van der Waals surface area (Å²) in [5.74, 6) is 0. The number of methoxy groups -OCH3 is 1. The molecule has 0 spiro atoms. The van der Waals surface area contributed by atoms with Crippen LogP contribution in [0.2, 0.25) is 0 Å². The first-order valence-electron chi connectivity index (χ1n) is 6.50. The Balaban J connectivity index is 1.76. The fraction of sp³-hybridized carbons (Fsp3) is 1.00. The van der Waals surface area contributed by atoms with Crippen LogP contribution in [-0.2, 0) is 9.47 Å². The first-order chi connectivity index (χ1) is 7.64. The van der Waals surface area contributed by atoms with E-state index in [1.165, 1.54) is 19.3 Å². The molecule has 1 aliphatic carbocycles. The molecule has 96 valence electrons. The molecule has 0 unspecified atom stereocenters. The van der Waals surface area contributed by atoms with Gasteiger partial charge in [0.05, 0.1) is 5.60 Å². The van der Waals surface area contributed by atoms with E-state index in [9.17, 15) is 0 Å². The molecule has 0 radical (unpaired) electrons. The van der Waals surface area contributed by atoms with E-state index in [1.54, 1.807) is 7.11 Å². The largest absolute Gasteiger partial charge is 0.381 e. The molecular formula is C13H27NO2. The Hall–Kier alpha value is -0.120. The van der Waals surface area contributed by atoms with Crippen molar-refractivity contribution >= 4 is 0 Å². The van der Waals surface area contributed by atoms with E-state index < -0.39 is 0 Å². The SMILES string of the molecule is COC(C)(C)CCOCCCCNC1CC1. The lowest BCUT2D eigenvalue weighted by Gasteiger charge is -2.22. The van der Waals surface area contributed by atoms with E-state index in [2.05, 4.69) is 19.2 Å². The van der Waals surface area contributed by atoms with Crippen LogP contribution < -0.4 is 5.32 Å². The van der Waals surface area contributed by atoms with Crippen molar-refractivity contribution in [3.05, 3.63) is 0 Å². The molecule has 16 heavy (non-hydrogen) atoms. The molecule has 1 aliphatic rings. The zero-order chi connectivity index (χ0) is 11.9. The van der Waals surface area contributed by atoms with Crippen LogP contribution in [0.1, 0.15) is 46.0 Å². The van der Waals surface area contributed by atoms with Crippen LogP contribution in [0, 0.1) is 0 Å². The average molecular weight is 229 g/mol. The second kappa shape index (κ2) is 7.25. The van der Waals surface area contributed by atoms with Crippen LogP contribution in [0.4, 0.5) is 0 Å². The van der Waals surface area contributed by atoms with Gasteiger partial charge >= 0.3 is 0 Å². The van der Waals surface area contributed by atoms with E-state index >= 15 is 0 Å². The minimum absolute atomic E-state index is 0.0481. The number of rotatable bonds is 10. The number of hydrogen-bond donors (Lipinski definition) is 1. The molecule has 0 aromatic rings. The Kier molecular flexibility index (Phi) is 6.32. The van der Waals surface area contributed by atoms with Crippen molar-refractivity contribution in [3.8, 4) is 0 Å². The van der Waals surface area contributed by atoms with E-state index in [0.29, 0.717) is 0 Å². The summed E-state index contributed by atoms with van der Waals surface area (Å²) in [5.41, 5.74) is -0.0481. The fourth-order valence-electron chi connectivity index (χ4n) is 1.44. The van der Waals surface area contributed by atoms with Crippen LogP contribution in [0.5, 0.6) is 0 Å². The first kappa shape index (κ1) is 13.9. The van der Waals surface area contributed by atoms with Gasteiger partial charge in [-0.3, -0.25) is 0 Å². The normalized spacial score (nSPS) is 16.7. The maximum atomic E-state index is 5.59. The number of unbranched alkanes of at least 4 members (excludes halogenated alkanes) is 1. The maximum Gasteiger partial charge on any atom is 0.0644 e. The van der Waals surface area contributed by atoms with Gasteiger partial charge in [-0.25, -0.2) is 0 Å². The standard InChI is InChI=1S/C13H27NO2/c1-13(2,15-3)8-11-16-10-5-4-9-14-12-6-7-12/h12,14H,4-11H2,1-3H3. The molecule has 0 saturated heterocycles. The summed E-state index contributed by atoms with van der Waals surface area (Å²) >= 11 is 0. The molecule has 0 amide bonds. The average Bonchev–Trinajstić information content (AvgIpc) is 3.06. The van der Waals surface area contributed by atoms with Gasteiger partial charge in [0.25, 0.3) is 0 Å². The van der Waals surface area contributed by atoms with Gasteiger partial charge < -0.3 is 14.8 Å². The quantitative estimate of drug-likeness (QED) is 0.583. The molecule has 0 atom stereocenters. The fourth-order valence-corrected chi connectivity index (χ4v) is 1.44. The van der Waals surface area contributed by atoms with Crippen molar-refractivity contribution in [1.29, 1.82) is 0 Å². The number of hydrogen-bond acceptors (Lipinski definition) is 3. The van der Waals surface area contributed by atoms with E-state index in [4.69, 9.17) is 9.47 Å². The third kappa shape index (κ3) is 7.20. The van der Waals surface area contributed by atoms with Crippen molar-refractivity contribution in [2.45, 2.75) is 57.6 Å². The molecule has 1 saturated carbocycles. The van der Waals surface area contributed by atoms with Crippen LogP contribution in [0.15, 0.2) is 0 Å². The number of nitrogens with one attached hydrogen (secondary N) is 1. The van der Waals surface area contributed by atoms with Gasteiger partial charge in [0.2, 0.25) is 0 Å². The first-order valence-corrected chi connectivity index (χ1v) is 6.50. The van der Waals surface area contributed by atoms with E-state index in [0.717, 1.165) is 38.6 Å². The molecule has 0 aromatic heterocycles. The third-order valence-corrected chi connectivity index (χ3v) is 3.13. The van der Waals surface area contributed by atoms with Crippen LogP contribution in [0.25, 0.3) is 0 Å². The van der Waals surface area contributed by atoms with Gasteiger partial charge in [-0.1, -0.05) is 0 Å². The van der Waals surface area contributed by atoms with Crippen molar-refractivity contribution in [1.82, 2.24) is 5.32 Å². The molecule has 1 rings (SSSR count). The van der Waals surface area contributed by atoms with Gasteiger partial charge in [0.15, 0.2) is 0 Å². The Morgan fingerprint density at radius 2 is 1.94 bits per heavy atom. The Morgan fingerprint density at radius 1 is 1.19 bits per heavy atom. The maximum absolute atomic E-state index is 5.59. The summed E-state index contributed by atoms with van der Waals surface area (Å²) in [6.45, 7) is 7.02. The summed E-state index contributed by atoms with van der Waals surface area (Å²) < 4.78 is 10.9. The van der Waals surface area contributed by atoms with Crippen molar-refractivity contribution in [2.75, 3.05) is 26.9 Å². The summed E-state index contributed by atoms with van der Waals surface area (Å²) in [6.07, 6.45) is 6.10. The zero-order valence-electron chi connectivity index (χ0n) is 11.1. The Labute approximate surface area is 99.9 Å². The van der Waals surface area contributed by atoms with Gasteiger partial charge in [0.1, 0.15) is 0 Å². The van der Waals surface area contributed by atoms with E-state index in [-0.39, 0.29) is 5.60 Å². The molecule has 1 N–H and O–H groups in total. The van der Waals surface area contributed by atoms with Gasteiger partial charge in [-0.2, -0.15) is 0 Å². The summed E-state index contributed by atoms with van der Waals surface area (Å²) in [5, 5.41) is 3.51. The monoisotopic (exact) mass is 229 g/mol. The smallest absolute Gasteiger partial charge is 0.0644 e. The topological polar surface area (TPSA) is 30.5 Å². The van der Waals surface area contributed by atoms with E-state index in [1.807, 2.05) is 0 Å². The number of ether oxygens (including phenoxy) is 2. The predicted octanol–water partition coefficient (Wildman–Crippen LogP) is 2.35. The molecule has 0 aliphatic heterocycles. The molecule has 0 heterocycles. The summed E-state index contributed by atoms with van der Waals surface area (Å²) in [7, 11) is 1.75. The lowest BCUT2D eigenvalue weighted by atomic mass is 10.1. The van der Waals surface area contributed by atoms with Crippen LogP contribution in [-0.4, -0.2) is 38.5 Å². The third-order valence-electron chi connectivity index (χ3n) is 3.13. The van der Waals surface area contributed by atoms with Crippen molar-refractivity contribution < 1.29 is 9.47 Å². The highest BCUT2D eigenvalue weighted by atomic mass is 16.5. The highest BCUT2D eigenvalue weighted by molar-refractivity contribution is 4.80. The van der Waals surface area contributed by atoms with Crippen molar-refractivity contribution in [2.24, 2.45) is 0 Å². The summed E-state index contributed by atoms with van der Waals surface area (Å²) in [4.78, 5) is 0. The molecule has 0 bridgehead atoms. The highest BCUT2D eigenvalue weighted by Crippen LogP contribution is 2.18. The second-order valence-electron chi connectivity index (χ2n) is 5.26. The molecular weight excluding hydrogens is 202 g/mol. The minimum atomic E-state index is -0.0481. The Bertz CT molecular complexity index is 179. The van der Waals surface area contributed by atoms with Gasteiger partial charge in [-0.15, -0.1) is 0 Å². The van der Waals surface area contributed by atoms with Gasteiger partial charge in [0, 0.05) is 26.4 Å². The lowest BCUT2D eigenvalue weighted by molar-refractivity contribution is -0.0101. The van der Waals surface area contributed by atoms with Gasteiger partial charge in [-0.05, 0) is 52.5 Å². The zero-order valence-corrected chi connectivity index (χ0v) is 11.1. The molecule has 0 aromatic carbocycles. The lowest BCUT2D eigenvalue weighted by Crippen LogP contribution is -2.24. The van der Waals surface area contributed by atoms with Crippen molar-refractivity contribution in [3.63, 3.8) is 0 Å². The second-order valence-corrected chi connectivity index (χ2v) is 5.26.